The van der Waals surface area contributed by atoms with Crippen LogP contribution in [0, 0.1) is 18.3 Å². The maximum Gasteiger partial charge on any atom is 0.139 e. The van der Waals surface area contributed by atoms with Crippen LogP contribution in [0.25, 0.3) is 0 Å². The Balaban J connectivity index is 2.26. The molecule has 1 rings (SSSR count). The van der Waals surface area contributed by atoms with E-state index >= 15 is 0 Å². The molecule has 0 spiro atoms. The third-order valence-corrected chi connectivity index (χ3v) is 2.13. The molecule has 1 aliphatic rings. The van der Waals surface area contributed by atoms with Crippen molar-refractivity contribution in [1.82, 2.24) is 0 Å². The molecule has 1 heterocycles. The summed E-state index contributed by atoms with van der Waals surface area (Å²) in [5.74, 6) is 2.86. The second-order valence-corrected chi connectivity index (χ2v) is 3.08. The molecule has 66 valence electrons. The van der Waals surface area contributed by atoms with Crippen LogP contribution in [0.5, 0.6) is 0 Å². The third-order valence-electron chi connectivity index (χ3n) is 2.13. The van der Waals surface area contributed by atoms with Gasteiger partial charge in [0.15, 0.2) is 0 Å². The van der Waals surface area contributed by atoms with Crippen LogP contribution < -0.4 is 0 Å². The Kier molecular flexibility index (Phi) is 3.83. The molecule has 2 heteroatoms. The van der Waals surface area contributed by atoms with E-state index in [0.29, 0.717) is 19.4 Å². The predicted octanol–water partition coefficient (Wildman–Crippen LogP) is 1.40. The van der Waals surface area contributed by atoms with Crippen molar-refractivity contribution >= 4 is 5.78 Å². The maximum absolute atomic E-state index is 11.4. The minimum atomic E-state index is 0.118. The van der Waals surface area contributed by atoms with Gasteiger partial charge in [-0.25, -0.2) is 0 Å². The average Bonchev–Trinajstić information content (AvgIpc) is 2.15. The number of hydrogen-bond acceptors (Lipinski definition) is 2. The second-order valence-electron chi connectivity index (χ2n) is 3.08. The summed E-state index contributed by atoms with van der Waals surface area (Å²) in [7, 11) is 0. The number of carbonyl (C=O) groups is 1. The van der Waals surface area contributed by atoms with Crippen LogP contribution in [0.3, 0.4) is 0 Å². The zero-order valence-corrected chi connectivity index (χ0v) is 7.21. The predicted molar refractivity (Wildman–Crippen MR) is 46.6 cm³/mol. The lowest BCUT2D eigenvalue weighted by Gasteiger charge is -2.20. The van der Waals surface area contributed by atoms with Crippen LogP contribution in [-0.2, 0) is 9.53 Å². The molecule has 1 atom stereocenters. The van der Waals surface area contributed by atoms with Crippen molar-refractivity contribution in [3.05, 3.63) is 0 Å². The van der Waals surface area contributed by atoms with Crippen LogP contribution in [0.15, 0.2) is 0 Å². The number of hydrogen-bond donors (Lipinski definition) is 0. The van der Waals surface area contributed by atoms with Gasteiger partial charge in [-0.1, -0.05) is 0 Å². The minimum absolute atomic E-state index is 0.118. The molecule has 1 aliphatic heterocycles. The molecule has 1 fully saturated rings. The van der Waals surface area contributed by atoms with E-state index in [2.05, 4.69) is 5.92 Å². The highest BCUT2D eigenvalue weighted by atomic mass is 16.5. The Labute approximate surface area is 73.3 Å². The van der Waals surface area contributed by atoms with E-state index in [4.69, 9.17) is 11.2 Å². The quantitative estimate of drug-likeness (QED) is 0.592. The molecule has 0 aliphatic carbocycles. The van der Waals surface area contributed by atoms with Gasteiger partial charge in [0.1, 0.15) is 5.78 Å². The molecular weight excluding hydrogens is 152 g/mol. The van der Waals surface area contributed by atoms with Crippen molar-refractivity contribution in [2.24, 2.45) is 5.92 Å². The zero-order valence-electron chi connectivity index (χ0n) is 7.21. The summed E-state index contributed by atoms with van der Waals surface area (Å²) in [5, 5.41) is 0. The van der Waals surface area contributed by atoms with Gasteiger partial charge in [0.25, 0.3) is 0 Å². The van der Waals surface area contributed by atoms with Gasteiger partial charge in [0, 0.05) is 25.4 Å². The molecule has 2 nitrogen and oxygen atoms in total. The summed E-state index contributed by atoms with van der Waals surface area (Å²) in [6.07, 6.45) is 8.14. The molecule has 0 aromatic rings. The van der Waals surface area contributed by atoms with Gasteiger partial charge in [-0.05, 0) is 12.8 Å². The van der Waals surface area contributed by atoms with E-state index < -0.39 is 0 Å². The normalized spacial score (nSPS) is 23.1. The zero-order chi connectivity index (χ0) is 8.81. The molecule has 0 bridgehead atoms. The van der Waals surface area contributed by atoms with Crippen LogP contribution in [0.4, 0.5) is 0 Å². The van der Waals surface area contributed by atoms with Crippen molar-refractivity contribution in [2.75, 3.05) is 13.2 Å². The van der Waals surface area contributed by atoms with Crippen molar-refractivity contribution in [1.29, 1.82) is 0 Å². The van der Waals surface area contributed by atoms with Crippen LogP contribution in [0.1, 0.15) is 25.7 Å². The summed E-state index contributed by atoms with van der Waals surface area (Å²) < 4.78 is 5.21. The van der Waals surface area contributed by atoms with Gasteiger partial charge in [0.2, 0.25) is 0 Å². The van der Waals surface area contributed by atoms with Crippen molar-refractivity contribution in [2.45, 2.75) is 25.7 Å². The Bertz CT molecular complexity index is 185. The fourth-order valence-corrected chi connectivity index (χ4v) is 1.39. The largest absolute Gasteiger partial charge is 0.381 e. The molecule has 1 unspecified atom stereocenters. The van der Waals surface area contributed by atoms with Crippen molar-refractivity contribution in [3.8, 4) is 12.3 Å². The second kappa shape index (κ2) is 4.95. The van der Waals surface area contributed by atoms with E-state index in [-0.39, 0.29) is 11.7 Å². The van der Waals surface area contributed by atoms with Crippen molar-refractivity contribution in [3.63, 3.8) is 0 Å². The first-order valence-corrected chi connectivity index (χ1v) is 4.38. The number of carbonyl (C=O) groups excluding carboxylic acids is 1. The fourth-order valence-electron chi connectivity index (χ4n) is 1.39. The van der Waals surface area contributed by atoms with Crippen LogP contribution in [-0.4, -0.2) is 19.0 Å². The summed E-state index contributed by atoms with van der Waals surface area (Å²) in [6, 6.07) is 0. The summed E-state index contributed by atoms with van der Waals surface area (Å²) in [5.41, 5.74) is 0. The molecule has 0 radical (unpaired) electrons. The standard InChI is InChI=1S/C10H14O2/c1-2-3-6-10(11)9-5-4-7-12-8-9/h1,9H,3-8H2. The molecule has 1 saturated heterocycles. The molecule has 0 N–H and O–H groups in total. The molecule has 0 saturated carbocycles. The first-order chi connectivity index (χ1) is 5.84. The maximum atomic E-state index is 11.4. The van der Waals surface area contributed by atoms with Crippen molar-refractivity contribution < 1.29 is 9.53 Å². The third kappa shape index (κ3) is 2.67. The number of ketones is 1. The first kappa shape index (κ1) is 9.28. The summed E-state index contributed by atoms with van der Waals surface area (Å²) in [6.45, 7) is 1.41. The molecule has 12 heavy (non-hydrogen) atoms. The Morgan fingerprint density at radius 1 is 1.67 bits per heavy atom. The summed E-state index contributed by atoms with van der Waals surface area (Å²) >= 11 is 0. The summed E-state index contributed by atoms with van der Waals surface area (Å²) in [4.78, 5) is 11.4. The highest BCUT2D eigenvalue weighted by Crippen LogP contribution is 2.16. The highest BCUT2D eigenvalue weighted by Gasteiger charge is 2.20. The smallest absolute Gasteiger partial charge is 0.139 e. The topological polar surface area (TPSA) is 26.3 Å². The number of rotatable bonds is 3. The Morgan fingerprint density at radius 2 is 2.50 bits per heavy atom. The van der Waals surface area contributed by atoms with E-state index in [1.165, 1.54) is 0 Å². The van der Waals surface area contributed by atoms with E-state index in [0.717, 1.165) is 19.4 Å². The van der Waals surface area contributed by atoms with Gasteiger partial charge in [-0.15, -0.1) is 12.3 Å². The Hall–Kier alpha value is -0.810. The van der Waals surface area contributed by atoms with Gasteiger partial charge in [-0.2, -0.15) is 0 Å². The van der Waals surface area contributed by atoms with E-state index in [1.807, 2.05) is 0 Å². The molecular formula is C10H14O2. The number of terminal acetylenes is 1. The molecule has 0 aromatic heterocycles. The van der Waals surface area contributed by atoms with E-state index in [1.54, 1.807) is 0 Å². The van der Waals surface area contributed by atoms with Gasteiger partial charge >= 0.3 is 0 Å². The number of Topliss-reactive ketones (excluding diaryl/α,β-unsaturated/α-hetero) is 1. The molecule has 0 aromatic carbocycles. The first-order valence-electron chi connectivity index (χ1n) is 4.38. The van der Waals surface area contributed by atoms with Crippen LogP contribution >= 0.6 is 0 Å². The lowest BCUT2D eigenvalue weighted by molar-refractivity contribution is -0.126. The lowest BCUT2D eigenvalue weighted by atomic mass is 9.95. The van der Waals surface area contributed by atoms with Gasteiger partial charge < -0.3 is 4.74 Å². The average molecular weight is 166 g/mol. The fraction of sp³-hybridized carbons (Fsp3) is 0.700. The monoisotopic (exact) mass is 166 g/mol. The number of ether oxygens (including phenoxy) is 1. The minimum Gasteiger partial charge on any atom is -0.381 e. The SMILES string of the molecule is C#CCCC(=O)C1CCCOC1. The van der Waals surface area contributed by atoms with Gasteiger partial charge in [-0.3, -0.25) is 4.79 Å². The van der Waals surface area contributed by atoms with E-state index in [9.17, 15) is 4.79 Å². The lowest BCUT2D eigenvalue weighted by Crippen LogP contribution is -2.24. The van der Waals surface area contributed by atoms with Crippen LogP contribution in [0.2, 0.25) is 0 Å². The molecule has 0 amide bonds. The highest BCUT2D eigenvalue weighted by molar-refractivity contribution is 5.81. The Morgan fingerprint density at radius 3 is 3.08 bits per heavy atom. The van der Waals surface area contributed by atoms with Gasteiger partial charge in [0.05, 0.1) is 6.61 Å².